The molecule has 2 aromatic carbocycles. The zero-order valence-electron chi connectivity index (χ0n) is 18.5. The normalized spacial score (nSPS) is 32.3. The van der Waals surface area contributed by atoms with Crippen LogP contribution in [0.25, 0.3) is 0 Å². The van der Waals surface area contributed by atoms with E-state index in [9.17, 15) is 19.5 Å². The Hall–Kier alpha value is -2.49. The second kappa shape index (κ2) is 8.28. The Labute approximate surface area is 211 Å². The molecule has 3 amide bonds. The maximum absolute atomic E-state index is 13.8. The fraction of sp³-hybridized carbons (Fsp3) is 0.400. The molecule has 0 bridgehead atoms. The maximum atomic E-state index is 13.8. The first-order valence-electron chi connectivity index (χ1n) is 11.6. The van der Waals surface area contributed by atoms with Gasteiger partial charge in [0.2, 0.25) is 17.7 Å². The minimum Gasteiger partial charge on any atom is -0.387 e. The predicted octanol–water partition coefficient (Wildman–Crippen LogP) is 2.63. The molecule has 182 valence electrons. The number of hydrogen-bond donors (Lipinski definition) is 3. The lowest BCUT2D eigenvalue weighted by molar-refractivity contribution is -0.144. The number of nitrogens with zero attached hydrogens (tertiary/aromatic N) is 1. The van der Waals surface area contributed by atoms with Crippen molar-refractivity contribution in [2.45, 2.75) is 36.6 Å². The first kappa shape index (κ1) is 22.9. The minimum absolute atomic E-state index is 0.133. The van der Waals surface area contributed by atoms with Gasteiger partial charge in [0, 0.05) is 17.2 Å². The van der Waals surface area contributed by atoms with Crippen molar-refractivity contribution in [3.05, 3.63) is 63.6 Å². The quantitative estimate of drug-likeness (QED) is 0.540. The van der Waals surface area contributed by atoms with Crippen LogP contribution in [0.2, 0.25) is 10.0 Å². The molecule has 0 saturated carbocycles. The van der Waals surface area contributed by atoms with Crippen molar-refractivity contribution in [3.8, 4) is 0 Å². The summed E-state index contributed by atoms with van der Waals surface area (Å²) in [6.07, 6.45) is 0.218. The number of nitrogens with one attached hydrogen (secondary N) is 2. The molecular weight excluding hydrogens is 493 g/mol. The molecule has 1 unspecified atom stereocenters. The predicted molar refractivity (Wildman–Crippen MR) is 128 cm³/mol. The Bertz CT molecular complexity index is 1230. The highest BCUT2D eigenvalue weighted by molar-refractivity contribution is 6.35. The average Bonchev–Trinajstić information content (AvgIpc) is 3.59. The van der Waals surface area contributed by atoms with Crippen molar-refractivity contribution in [1.82, 2.24) is 10.2 Å². The summed E-state index contributed by atoms with van der Waals surface area (Å²) in [6, 6.07) is 10.8. The van der Waals surface area contributed by atoms with E-state index in [2.05, 4.69) is 10.6 Å². The van der Waals surface area contributed by atoms with Crippen LogP contribution in [0.3, 0.4) is 0 Å². The fourth-order valence-electron chi connectivity index (χ4n) is 6.09. The molecule has 3 N–H and O–H groups in total. The number of aliphatic hydroxyl groups is 1. The zero-order chi connectivity index (χ0) is 24.5. The van der Waals surface area contributed by atoms with Gasteiger partial charge in [0.1, 0.15) is 5.54 Å². The third kappa shape index (κ3) is 3.28. The van der Waals surface area contributed by atoms with Crippen molar-refractivity contribution in [2.24, 2.45) is 11.8 Å². The van der Waals surface area contributed by atoms with E-state index in [1.54, 1.807) is 42.5 Å². The van der Waals surface area contributed by atoms with Crippen LogP contribution < -0.4 is 10.6 Å². The summed E-state index contributed by atoms with van der Waals surface area (Å²) in [5.41, 5.74) is -0.118. The number of amides is 3. The van der Waals surface area contributed by atoms with Gasteiger partial charge in [0.25, 0.3) is 0 Å². The SMILES string of the molecule is O=C1[C@H]2[C@H]([C@H](O)c3ccc(Cl)cc3)N[C@@]3(C(=O)Nc4c(Cl)cccc43)[C@H]2C(=O)N1CC1CCCO1. The number of halogens is 2. The van der Waals surface area contributed by atoms with Crippen LogP contribution in [0.5, 0.6) is 0 Å². The average molecular weight is 516 g/mol. The molecule has 6 rings (SSSR count). The number of para-hydroxylation sites is 1. The molecule has 0 aromatic heterocycles. The van der Waals surface area contributed by atoms with Gasteiger partial charge in [-0.05, 0) is 36.6 Å². The number of likely N-dealkylation sites (tertiary alicyclic amines) is 1. The molecule has 1 spiro atoms. The highest BCUT2D eigenvalue weighted by Gasteiger charge is 2.71. The first-order valence-corrected chi connectivity index (χ1v) is 12.4. The monoisotopic (exact) mass is 515 g/mol. The van der Waals surface area contributed by atoms with E-state index in [4.69, 9.17) is 27.9 Å². The molecule has 8 nitrogen and oxygen atoms in total. The lowest BCUT2D eigenvalue weighted by atomic mass is 9.76. The van der Waals surface area contributed by atoms with Gasteiger partial charge >= 0.3 is 0 Å². The van der Waals surface area contributed by atoms with E-state index in [0.29, 0.717) is 33.5 Å². The number of hydrogen-bond acceptors (Lipinski definition) is 6. The summed E-state index contributed by atoms with van der Waals surface area (Å²) in [5, 5.41) is 18.3. The maximum Gasteiger partial charge on any atom is 0.250 e. The Morgan fingerprint density at radius 2 is 1.89 bits per heavy atom. The first-order chi connectivity index (χ1) is 16.8. The number of ether oxygens (including phenoxy) is 1. The molecule has 4 aliphatic heterocycles. The third-order valence-corrected chi connectivity index (χ3v) is 8.25. The number of benzene rings is 2. The number of fused-ring (bicyclic) bond motifs is 4. The molecule has 4 aliphatic rings. The Kier molecular flexibility index (Phi) is 5.43. The van der Waals surface area contributed by atoms with E-state index in [1.165, 1.54) is 4.90 Å². The number of anilines is 1. The lowest BCUT2D eigenvalue weighted by Gasteiger charge is -2.31. The molecule has 6 atom stereocenters. The largest absolute Gasteiger partial charge is 0.387 e. The summed E-state index contributed by atoms with van der Waals surface area (Å²) in [4.78, 5) is 42.3. The molecule has 0 aliphatic carbocycles. The van der Waals surface area contributed by atoms with Gasteiger partial charge in [-0.3, -0.25) is 24.6 Å². The van der Waals surface area contributed by atoms with Crippen LogP contribution >= 0.6 is 23.2 Å². The molecule has 0 radical (unpaired) electrons. The van der Waals surface area contributed by atoms with Crippen molar-refractivity contribution in [1.29, 1.82) is 0 Å². The van der Waals surface area contributed by atoms with Gasteiger partial charge < -0.3 is 15.2 Å². The lowest BCUT2D eigenvalue weighted by Crippen LogP contribution is -2.54. The molecule has 3 fully saturated rings. The summed E-state index contributed by atoms with van der Waals surface area (Å²) in [7, 11) is 0. The number of imide groups is 1. The standard InChI is InChI=1S/C25H23Cl2N3O5/c26-13-8-6-12(7-9-13)21(31)20-17-18(23(33)30(22(17)32)11-14-3-2-10-35-14)25(29-20)15-4-1-5-16(27)19(15)28-24(25)34/h1,4-9,14,17-18,20-21,29,31H,2-3,10-11H2,(H,28,34)/t14?,17-,18-,20-,21-,25-/m1/s1. The molecule has 35 heavy (non-hydrogen) atoms. The second-order valence-electron chi connectivity index (χ2n) is 9.52. The highest BCUT2D eigenvalue weighted by atomic mass is 35.5. The van der Waals surface area contributed by atoms with Gasteiger partial charge in [0.15, 0.2) is 0 Å². The summed E-state index contributed by atoms with van der Waals surface area (Å²) in [6.45, 7) is 0.722. The number of aliphatic hydroxyl groups excluding tert-OH is 1. The zero-order valence-corrected chi connectivity index (χ0v) is 20.1. The van der Waals surface area contributed by atoms with Gasteiger partial charge in [-0.2, -0.15) is 0 Å². The fourth-order valence-corrected chi connectivity index (χ4v) is 6.44. The van der Waals surface area contributed by atoms with Crippen LogP contribution in [0.4, 0.5) is 5.69 Å². The third-order valence-electron chi connectivity index (χ3n) is 7.69. The minimum atomic E-state index is -1.54. The van der Waals surface area contributed by atoms with Gasteiger partial charge in [-0.15, -0.1) is 0 Å². The molecular formula is C25H23Cl2N3O5. The van der Waals surface area contributed by atoms with E-state index in [0.717, 1.165) is 12.8 Å². The van der Waals surface area contributed by atoms with Crippen molar-refractivity contribution >= 4 is 46.6 Å². The molecule has 10 heteroatoms. The Morgan fingerprint density at radius 3 is 2.60 bits per heavy atom. The number of carbonyl (C=O) groups is 3. The van der Waals surface area contributed by atoms with E-state index >= 15 is 0 Å². The molecule has 4 heterocycles. The van der Waals surface area contributed by atoms with Crippen LogP contribution in [-0.4, -0.2) is 53.0 Å². The van der Waals surface area contributed by atoms with E-state index in [-0.39, 0.29) is 12.6 Å². The summed E-state index contributed by atoms with van der Waals surface area (Å²) >= 11 is 12.4. The summed E-state index contributed by atoms with van der Waals surface area (Å²) in [5.74, 6) is -3.33. The van der Waals surface area contributed by atoms with Crippen molar-refractivity contribution in [2.75, 3.05) is 18.5 Å². The highest BCUT2D eigenvalue weighted by Crippen LogP contribution is 2.55. The van der Waals surface area contributed by atoms with Gasteiger partial charge in [-0.1, -0.05) is 47.5 Å². The topological polar surface area (TPSA) is 108 Å². The van der Waals surface area contributed by atoms with Gasteiger partial charge in [0.05, 0.1) is 47.3 Å². The van der Waals surface area contributed by atoms with E-state index in [1.807, 2.05) is 0 Å². The van der Waals surface area contributed by atoms with Crippen molar-refractivity contribution < 1.29 is 24.2 Å². The number of carbonyl (C=O) groups excluding carboxylic acids is 3. The summed E-state index contributed by atoms with van der Waals surface area (Å²) < 4.78 is 5.68. The van der Waals surface area contributed by atoms with E-state index < -0.39 is 47.2 Å². The molecule has 3 saturated heterocycles. The molecule has 2 aromatic rings. The second-order valence-corrected chi connectivity index (χ2v) is 10.4. The van der Waals surface area contributed by atoms with Crippen molar-refractivity contribution in [3.63, 3.8) is 0 Å². The Morgan fingerprint density at radius 1 is 1.11 bits per heavy atom. The number of rotatable bonds is 4. The van der Waals surface area contributed by atoms with Crippen LogP contribution in [0.15, 0.2) is 42.5 Å². The van der Waals surface area contributed by atoms with Crippen LogP contribution in [0.1, 0.15) is 30.1 Å². The van der Waals surface area contributed by atoms with Crippen LogP contribution in [-0.2, 0) is 24.7 Å². The Balaban J connectivity index is 1.46. The smallest absolute Gasteiger partial charge is 0.250 e. The van der Waals surface area contributed by atoms with Crippen LogP contribution in [0, 0.1) is 11.8 Å². The van der Waals surface area contributed by atoms with Gasteiger partial charge in [-0.25, -0.2) is 0 Å².